The monoisotopic (exact) mass is 357 g/mol. The van der Waals surface area contributed by atoms with Crippen LogP contribution in [0.3, 0.4) is 0 Å². The number of amidine groups is 1. The summed E-state index contributed by atoms with van der Waals surface area (Å²) in [4.78, 5) is 10.5. The number of aliphatic imine (C=N–C) groups is 1. The molecule has 1 atom stereocenters. The zero-order valence-corrected chi connectivity index (χ0v) is 15.0. The number of aryl methyl sites for hydroxylation is 1. The first kappa shape index (κ1) is 17.0. The van der Waals surface area contributed by atoms with Crippen molar-refractivity contribution in [3.63, 3.8) is 0 Å². The maximum absolute atomic E-state index is 9.25. The van der Waals surface area contributed by atoms with Gasteiger partial charge in [-0.25, -0.2) is 0 Å². The lowest BCUT2D eigenvalue weighted by Gasteiger charge is -2.19. The van der Waals surface area contributed by atoms with E-state index in [1.807, 2.05) is 49.6 Å². The molecule has 134 valence electrons. The maximum Gasteiger partial charge on any atom is 0.207 e. The third kappa shape index (κ3) is 3.44. The molecule has 3 aromatic rings. The summed E-state index contributed by atoms with van der Waals surface area (Å²) in [5.41, 5.74) is 4.04. The van der Waals surface area contributed by atoms with Gasteiger partial charge in [0.1, 0.15) is 0 Å². The number of likely N-dealkylation sites (tertiary alicyclic amines) is 1. The molecule has 0 bridgehead atoms. The normalized spacial score (nSPS) is 17.1. The lowest BCUT2D eigenvalue weighted by atomic mass is 10.0. The van der Waals surface area contributed by atoms with Crippen molar-refractivity contribution in [1.29, 1.82) is 5.26 Å². The smallest absolute Gasteiger partial charge is 0.207 e. The van der Waals surface area contributed by atoms with Gasteiger partial charge in [-0.2, -0.15) is 10.3 Å². The van der Waals surface area contributed by atoms with Crippen LogP contribution >= 0.6 is 0 Å². The highest BCUT2D eigenvalue weighted by Crippen LogP contribution is 2.31. The predicted octanol–water partition coefficient (Wildman–Crippen LogP) is 3.76. The van der Waals surface area contributed by atoms with Crippen LogP contribution < -0.4 is 0 Å². The molecule has 0 saturated carbocycles. The Balaban J connectivity index is 1.64. The van der Waals surface area contributed by atoms with Crippen molar-refractivity contribution in [2.24, 2.45) is 4.99 Å². The van der Waals surface area contributed by atoms with Crippen LogP contribution in [0.2, 0.25) is 0 Å². The zero-order chi connectivity index (χ0) is 18.6. The maximum atomic E-state index is 9.25. The molecule has 0 aliphatic carbocycles. The highest BCUT2D eigenvalue weighted by molar-refractivity contribution is 6.03. The second-order valence-corrected chi connectivity index (χ2v) is 6.69. The standard InChI is InChI=1S/C21H19N5O/c1-15-4-6-16(7-5-15)20-19(12-25-27-20)21(24-14-22)26-10-8-18(13-26)17-3-2-9-23-11-17/h2-7,9,11-12,18H,8,10,13H2,1H3. The number of hydrogen-bond acceptors (Lipinski definition) is 5. The van der Waals surface area contributed by atoms with Crippen LogP contribution in [-0.4, -0.2) is 34.0 Å². The Kier molecular flexibility index (Phi) is 4.67. The molecule has 1 saturated heterocycles. The third-order valence-corrected chi connectivity index (χ3v) is 4.92. The van der Waals surface area contributed by atoms with Gasteiger partial charge < -0.3 is 9.42 Å². The van der Waals surface area contributed by atoms with Crippen molar-refractivity contribution in [3.05, 3.63) is 71.7 Å². The Morgan fingerprint density at radius 1 is 1.26 bits per heavy atom. The Morgan fingerprint density at radius 3 is 2.85 bits per heavy atom. The minimum Gasteiger partial charge on any atom is -0.356 e. The van der Waals surface area contributed by atoms with E-state index >= 15 is 0 Å². The summed E-state index contributed by atoms with van der Waals surface area (Å²) in [7, 11) is 0. The summed E-state index contributed by atoms with van der Waals surface area (Å²) >= 11 is 0. The fraction of sp³-hybridized carbons (Fsp3) is 0.238. The van der Waals surface area contributed by atoms with Gasteiger partial charge in [0, 0.05) is 37.0 Å². The molecule has 1 aliphatic rings. The Morgan fingerprint density at radius 2 is 2.11 bits per heavy atom. The van der Waals surface area contributed by atoms with Crippen LogP contribution in [0, 0.1) is 18.4 Å². The Labute approximate surface area is 157 Å². The van der Waals surface area contributed by atoms with E-state index in [4.69, 9.17) is 4.52 Å². The molecule has 0 amide bonds. The fourth-order valence-electron chi connectivity index (χ4n) is 3.50. The summed E-state index contributed by atoms with van der Waals surface area (Å²) in [5.74, 6) is 1.61. The average Bonchev–Trinajstić information content (AvgIpc) is 3.38. The average molecular weight is 357 g/mol. The summed E-state index contributed by atoms with van der Waals surface area (Å²) in [5, 5.41) is 13.2. The molecule has 2 aromatic heterocycles. The summed E-state index contributed by atoms with van der Waals surface area (Å²) in [6.45, 7) is 3.64. The van der Waals surface area contributed by atoms with Crippen LogP contribution in [0.4, 0.5) is 0 Å². The van der Waals surface area contributed by atoms with Gasteiger partial charge in [0.05, 0.1) is 11.8 Å². The van der Waals surface area contributed by atoms with Crippen molar-refractivity contribution in [1.82, 2.24) is 15.0 Å². The van der Waals surface area contributed by atoms with Gasteiger partial charge in [0.2, 0.25) is 6.19 Å². The zero-order valence-electron chi connectivity index (χ0n) is 15.0. The highest BCUT2D eigenvalue weighted by atomic mass is 16.5. The molecule has 6 nitrogen and oxygen atoms in total. The Hall–Kier alpha value is -3.46. The van der Waals surface area contributed by atoms with Gasteiger partial charge in [0.15, 0.2) is 11.6 Å². The fourth-order valence-corrected chi connectivity index (χ4v) is 3.50. The molecule has 1 aliphatic heterocycles. The summed E-state index contributed by atoms with van der Waals surface area (Å²) < 4.78 is 5.51. The number of rotatable bonds is 3. The van der Waals surface area contributed by atoms with Crippen LogP contribution in [0.5, 0.6) is 0 Å². The first-order valence-electron chi connectivity index (χ1n) is 8.90. The van der Waals surface area contributed by atoms with Gasteiger partial charge in [-0.05, 0) is 25.0 Å². The predicted molar refractivity (Wildman–Crippen MR) is 102 cm³/mol. The molecule has 27 heavy (non-hydrogen) atoms. The first-order valence-corrected chi connectivity index (χ1v) is 8.90. The van der Waals surface area contributed by atoms with E-state index in [9.17, 15) is 5.26 Å². The molecule has 3 heterocycles. The molecule has 0 N–H and O–H groups in total. The minimum absolute atomic E-state index is 0.366. The molecule has 1 unspecified atom stereocenters. The van der Waals surface area contributed by atoms with Crippen molar-refractivity contribution >= 4 is 5.84 Å². The van der Waals surface area contributed by atoms with Crippen molar-refractivity contribution in [2.75, 3.05) is 13.1 Å². The lowest BCUT2D eigenvalue weighted by Crippen LogP contribution is -2.29. The number of aromatic nitrogens is 2. The molecule has 1 aromatic carbocycles. The summed E-state index contributed by atoms with van der Waals surface area (Å²) in [6.07, 6.45) is 8.26. The topological polar surface area (TPSA) is 78.3 Å². The van der Waals surface area contributed by atoms with Gasteiger partial charge >= 0.3 is 0 Å². The van der Waals surface area contributed by atoms with Gasteiger partial charge in [-0.1, -0.05) is 41.1 Å². The largest absolute Gasteiger partial charge is 0.356 e. The van der Waals surface area contributed by atoms with Crippen LogP contribution in [-0.2, 0) is 0 Å². The summed E-state index contributed by atoms with van der Waals surface area (Å²) in [6, 6.07) is 12.1. The molecule has 6 heteroatoms. The third-order valence-electron chi connectivity index (χ3n) is 4.92. The number of hydrogen-bond donors (Lipinski definition) is 0. The van der Waals surface area contributed by atoms with Crippen molar-refractivity contribution < 1.29 is 4.52 Å². The highest BCUT2D eigenvalue weighted by Gasteiger charge is 2.29. The second kappa shape index (κ2) is 7.42. The van der Waals surface area contributed by atoms with E-state index in [2.05, 4.69) is 26.1 Å². The molecule has 4 rings (SSSR count). The number of nitrogens with zero attached hydrogens (tertiary/aromatic N) is 5. The van der Waals surface area contributed by atoms with Gasteiger partial charge in [0.25, 0.3) is 0 Å². The van der Waals surface area contributed by atoms with Gasteiger partial charge in [-0.3, -0.25) is 4.98 Å². The van der Waals surface area contributed by atoms with E-state index in [1.54, 1.807) is 12.4 Å². The van der Waals surface area contributed by atoms with E-state index in [0.717, 1.165) is 30.6 Å². The van der Waals surface area contributed by atoms with Crippen LogP contribution in [0.1, 0.15) is 29.0 Å². The SMILES string of the molecule is Cc1ccc(-c2oncc2C(=NC#N)N2CCC(c3cccnc3)C2)cc1. The van der Waals surface area contributed by atoms with E-state index in [-0.39, 0.29) is 0 Å². The number of nitriles is 1. The minimum atomic E-state index is 0.366. The lowest BCUT2D eigenvalue weighted by molar-refractivity contribution is 0.432. The number of benzene rings is 1. The second-order valence-electron chi connectivity index (χ2n) is 6.69. The van der Waals surface area contributed by atoms with Crippen LogP contribution in [0.25, 0.3) is 11.3 Å². The van der Waals surface area contributed by atoms with E-state index < -0.39 is 0 Å². The quantitative estimate of drug-likeness (QED) is 0.405. The molecule has 0 spiro atoms. The molecular formula is C21H19N5O. The van der Waals surface area contributed by atoms with E-state index in [1.165, 1.54) is 11.1 Å². The molecular weight excluding hydrogens is 338 g/mol. The molecule has 1 fully saturated rings. The first-order chi connectivity index (χ1) is 13.3. The van der Waals surface area contributed by atoms with E-state index in [0.29, 0.717) is 17.5 Å². The Bertz CT molecular complexity index is 985. The number of pyridine rings is 1. The van der Waals surface area contributed by atoms with Crippen molar-refractivity contribution in [3.8, 4) is 17.5 Å². The molecule has 0 radical (unpaired) electrons. The van der Waals surface area contributed by atoms with Crippen LogP contribution in [0.15, 0.2) is 64.5 Å². The van der Waals surface area contributed by atoms with Crippen molar-refractivity contribution in [2.45, 2.75) is 19.3 Å². The van der Waals surface area contributed by atoms with Gasteiger partial charge in [-0.15, -0.1) is 0 Å².